The van der Waals surface area contributed by atoms with Crippen LogP contribution in [0.4, 0.5) is 5.13 Å². The molecule has 32 heavy (non-hydrogen) atoms. The highest BCUT2D eigenvalue weighted by Crippen LogP contribution is 2.27. The molecule has 0 bridgehead atoms. The summed E-state index contributed by atoms with van der Waals surface area (Å²) >= 11 is 2.58. The van der Waals surface area contributed by atoms with E-state index in [0.717, 1.165) is 11.3 Å². The van der Waals surface area contributed by atoms with Gasteiger partial charge in [-0.2, -0.15) is 0 Å². The number of para-hydroxylation sites is 1. The van der Waals surface area contributed by atoms with Crippen molar-refractivity contribution in [1.29, 1.82) is 0 Å². The second-order valence-corrected chi connectivity index (χ2v) is 9.26. The van der Waals surface area contributed by atoms with Crippen molar-refractivity contribution in [3.63, 3.8) is 0 Å². The number of aliphatic hydroxyl groups excluding tert-OH is 1. The van der Waals surface area contributed by atoms with Crippen molar-refractivity contribution in [1.82, 2.24) is 14.5 Å². The van der Waals surface area contributed by atoms with Crippen LogP contribution in [0, 0.1) is 0 Å². The highest BCUT2D eigenvalue weighted by molar-refractivity contribution is 8.00. The van der Waals surface area contributed by atoms with Gasteiger partial charge in [-0.05, 0) is 25.5 Å². The molecule has 0 saturated carbocycles. The van der Waals surface area contributed by atoms with Crippen LogP contribution < -0.4 is 10.9 Å². The highest BCUT2D eigenvalue weighted by Gasteiger charge is 2.20. The van der Waals surface area contributed by atoms with Crippen molar-refractivity contribution in [3.8, 4) is 11.3 Å². The van der Waals surface area contributed by atoms with Gasteiger partial charge < -0.3 is 10.4 Å². The number of thiazole rings is 1. The van der Waals surface area contributed by atoms with Gasteiger partial charge in [0.2, 0.25) is 5.91 Å². The van der Waals surface area contributed by atoms with Gasteiger partial charge in [0.1, 0.15) is 0 Å². The summed E-state index contributed by atoms with van der Waals surface area (Å²) in [5.74, 6) is -0.222. The number of aromatic nitrogens is 3. The topological polar surface area (TPSA) is 97.1 Å². The maximum atomic E-state index is 13.0. The van der Waals surface area contributed by atoms with Crippen LogP contribution in [0.15, 0.2) is 69.9 Å². The van der Waals surface area contributed by atoms with Gasteiger partial charge in [0.05, 0.1) is 21.8 Å². The number of carbonyl (C=O) groups is 1. The normalized spacial score (nSPS) is 12.1. The van der Waals surface area contributed by atoms with E-state index in [0.29, 0.717) is 34.2 Å². The summed E-state index contributed by atoms with van der Waals surface area (Å²) in [5.41, 5.74) is 2.20. The molecule has 0 radical (unpaired) electrons. The Hall–Kier alpha value is -3.01. The molecule has 9 heteroatoms. The molecule has 0 aliphatic heterocycles. The van der Waals surface area contributed by atoms with Crippen LogP contribution in [-0.2, 0) is 11.3 Å². The number of hydrogen-bond donors (Lipinski definition) is 2. The fourth-order valence-electron chi connectivity index (χ4n) is 3.15. The minimum absolute atomic E-state index is 0.0345. The van der Waals surface area contributed by atoms with E-state index in [9.17, 15) is 14.7 Å². The zero-order chi connectivity index (χ0) is 22.5. The molecule has 0 aliphatic rings. The summed E-state index contributed by atoms with van der Waals surface area (Å²) < 4.78 is 1.53. The zero-order valence-electron chi connectivity index (χ0n) is 17.4. The minimum atomic E-state index is -0.507. The first kappa shape index (κ1) is 22.2. The van der Waals surface area contributed by atoms with Gasteiger partial charge in [-0.3, -0.25) is 14.2 Å². The van der Waals surface area contributed by atoms with Gasteiger partial charge in [-0.25, -0.2) is 9.97 Å². The Morgan fingerprint density at radius 1 is 1.16 bits per heavy atom. The van der Waals surface area contributed by atoms with E-state index in [1.165, 1.54) is 27.7 Å². The van der Waals surface area contributed by atoms with Crippen molar-refractivity contribution >= 4 is 45.0 Å². The Morgan fingerprint density at radius 2 is 1.91 bits per heavy atom. The molecule has 0 spiro atoms. The third kappa shape index (κ3) is 4.90. The lowest BCUT2D eigenvalue weighted by Crippen LogP contribution is -2.27. The number of fused-ring (bicyclic) bond motifs is 1. The maximum Gasteiger partial charge on any atom is 0.262 e. The highest BCUT2D eigenvalue weighted by atomic mass is 32.2. The predicted molar refractivity (Wildman–Crippen MR) is 129 cm³/mol. The number of nitrogens with one attached hydrogen (secondary N) is 1. The lowest BCUT2D eigenvalue weighted by atomic mass is 10.2. The van der Waals surface area contributed by atoms with Crippen LogP contribution in [-0.4, -0.2) is 37.4 Å². The molecule has 1 amide bonds. The number of benzene rings is 2. The van der Waals surface area contributed by atoms with Crippen molar-refractivity contribution in [2.24, 2.45) is 0 Å². The molecule has 4 rings (SSSR count). The summed E-state index contributed by atoms with van der Waals surface area (Å²) in [6.45, 7) is 2.06. The third-order valence-electron chi connectivity index (χ3n) is 4.82. The Kier molecular flexibility index (Phi) is 6.99. The summed E-state index contributed by atoms with van der Waals surface area (Å²) in [7, 11) is 0. The third-order valence-corrected chi connectivity index (χ3v) is 6.67. The Bertz CT molecular complexity index is 1290. The largest absolute Gasteiger partial charge is 0.396 e. The van der Waals surface area contributed by atoms with E-state index in [2.05, 4.69) is 15.3 Å². The average Bonchev–Trinajstić information content (AvgIpc) is 3.28. The fraction of sp³-hybridized carbons (Fsp3) is 0.217. The second-order valence-electron chi connectivity index (χ2n) is 7.10. The summed E-state index contributed by atoms with van der Waals surface area (Å²) in [6, 6.07) is 16.9. The molecule has 2 aromatic heterocycles. The van der Waals surface area contributed by atoms with Crippen LogP contribution >= 0.6 is 23.1 Å². The molecule has 2 aromatic carbocycles. The second kappa shape index (κ2) is 10.1. The first-order valence-electron chi connectivity index (χ1n) is 10.2. The summed E-state index contributed by atoms with van der Waals surface area (Å²) in [4.78, 5) is 34.9. The molecule has 164 valence electrons. The number of aliphatic hydroxyl groups is 1. The summed E-state index contributed by atoms with van der Waals surface area (Å²) in [6.07, 6.45) is 0.426. The SMILES string of the molecule is C[C@H](Sc1nc2ccccc2c(=O)n1CCCO)C(=O)Nc1nc(-c2ccccc2)cs1. The molecule has 4 aromatic rings. The quantitative estimate of drug-likeness (QED) is 0.301. The Morgan fingerprint density at radius 3 is 2.69 bits per heavy atom. The minimum Gasteiger partial charge on any atom is -0.396 e. The van der Waals surface area contributed by atoms with Crippen LogP contribution in [0.2, 0.25) is 0 Å². The predicted octanol–water partition coefficient (Wildman–Crippen LogP) is 4.02. The standard InChI is InChI=1S/C23H22N4O3S2/c1-15(20(29)26-22-24-19(14-31-22)16-8-3-2-4-9-16)32-23-25-18-11-6-5-10-17(18)21(30)27(23)12-7-13-28/h2-6,8-11,14-15,28H,7,12-13H2,1H3,(H,24,26,29)/t15-/m0/s1. The molecule has 2 N–H and O–H groups in total. The van der Waals surface area contributed by atoms with Gasteiger partial charge in [0, 0.05) is 24.1 Å². The number of rotatable bonds is 8. The molecule has 0 fully saturated rings. The lowest BCUT2D eigenvalue weighted by molar-refractivity contribution is -0.115. The molecular weight excluding hydrogens is 444 g/mol. The van der Waals surface area contributed by atoms with E-state index >= 15 is 0 Å². The molecule has 0 aliphatic carbocycles. The van der Waals surface area contributed by atoms with Crippen LogP contribution in [0.25, 0.3) is 22.2 Å². The van der Waals surface area contributed by atoms with Gasteiger partial charge >= 0.3 is 0 Å². The number of hydrogen-bond acceptors (Lipinski definition) is 7. The van der Waals surface area contributed by atoms with E-state index in [1.807, 2.05) is 41.8 Å². The summed E-state index contributed by atoms with van der Waals surface area (Å²) in [5, 5.41) is 15.0. The molecule has 1 atom stereocenters. The van der Waals surface area contributed by atoms with Crippen LogP contribution in [0.5, 0.6) is 0 Å². The Labute approximate surface area is 193 Å². The molecular formula is C23H22N4O3S2. The van der Waals surface area contributed by atoms with Crippen LogP contribution in [0.1, 0.15) is 13.3 Å². The Balaban J connectivity index is 1.53. The van der Waals surface area contributed by atoms with E-state index in [1.54, 1.807) is 25.1 Å². The lowest BCUT2D eigenvalue weighted by Gasteiger charge is -2.15. The molecule has 2 heterocycles. The maximum absolute atomic E-state index is 13.0. The average molecular weight is 467 g/mol. The first-order chi connectivity index (χ1) is 15.6. The smallest absolute Gasteiger partial charge is 0.262 e. The number of carbonyl (C=O) groups excluding carboxylic acids is 1. The first-order valence-corrected chi connectivity index (χ1v) is 11.9. The van der Waals surface area contributed by atoms with Crippen molar-refractivity contribution in [2.75, 3.05) is 11.9 Å². The molecule has 0 unspecified atom stereocenters. The van der Waals surface area contributed by atoms with Gasteiger partial charge in [0.25, 0.3) is 5.56 Å². The van der Waals surface area contributed by atoms with Crippen LogP contribution in [0.3, 0.4) is 0 Å². The molecule has 7 nitrogen and oxygen atoms in total. The van der Waals surface area contributed by atoms with E-state index in [4.69, 9.17) is 0 Å². The van der Waals surface area contributed by atoms with Crippen molar-refractivity contribution < 1.29 is 9.90 Å². The number of anilines is 1. The number of nitrogens with zero attached hydrogens (tertiary/aromatic N) is 3. The van der Waals surface area contributed by atoms with Gasteiger partial charge in [-0.15, -0.1) is 11.3 Å². The monoisotopic (exact) mass is 466 g/mol. The zero-order valence-corrected chi connectivity index (χ0v) is 19.0. The molecule has 0 saturated heterocycles. The van der Waals surface area contributed by atoms with Gasteiger partial charge in [0.15, 0.2) is 10.3 Å². The van der Waals surface area contributed by atoms with Gasteiger partial charge in [-0.1, -0.05) is 54.2 Å². The number of thioether (sulfide) groups is 1. The fourth-order valence-corrected chi connectivity index (χ4v) is 4.81. The van der Waals surface area contributed by atoms with E-state index in [-0.39, 0.29) is 18.1 Å². The number of amides is 1. The van der Waals surface area contributed by atoms with E-state index < -0.39 is 5.25 Å². The van der Waals surface area contributed by atoms with Crippen molar-refractivity contribution in [3.05, 3.63) is 70.3 Å². The van der Waals surface area contributed by atoms with Crippen molar-refractivity contribution in [2.45, 2.75) is 30.3 Å².